The van der Waals surface area contributed by atoms with Crippen molar-refractivity contribution in [1.82, 2.24) is 10.2 Å². The second kappa shape index (κ2) is 7.54. The molecule has 0 spiro atoms. The zero-order valence-corrected chi connectivity index (χ0v) is 13.3. The van der Waals surface area contributed by atoms with E-state index in [0.717, 1.165) is 18.6 Å². The second-order valence-corrected chi connectivity index (χ2v) is 6.82. The molecule has 116 valence electrons. The molecule has 0 aliphatic heterocycles. The van der Waals surface area contributed by atoms with Crippen LogP contribution in [0.5, 0.6) is 0 Å². The monoisotopic (exact) mass is 310 g/mol. The fraction of sp³-hybridized carbons (Fsp3) is 0.600. The summed E-state index contributed by atoms with van der Waals surface area (Å²) in [5.41, 5.74) is 0.436. The Hall–Kier alpha value is -1.43. The molecule has 6 heteroatoms. The van der Waals surface area contributed by atoms with Crippen LogP contribution in [0.3, 0.4) is 0 Å². The molecule has 2 rings (SSSR count). The van der Waals surface area contributed by atoms with Crippen LogP contribution >= 0.6 is 11.8 Å². The number of carbonyl (C=O) groups excluding carboxylic acids is 2. The smallest absolute Gasteiger partial charge is 0.254 e. The van der Waals surface area contributed by atoms with Gasteiger partial charge >= 0.3 is 0 Å². The maximum Gasteiger partial charge on any atom is 0.254 e. The van der Waals surface area contributed by atoms with Gasteiger partial charge in [0.15, 0.2) is 0 Å². The molecule has 1 fully saturated rings. The van der Waals surface area contributed by atoms with Gasteiger partial charge in [-0.25, -0.2) is 0 Å². The number of hydrogen-bond acceptors (Lipinski definition) is 4. The number of nitrogens with zero attached hydrogens (tertiary/aromatic N) is 1. The summed E-state index contributed by atoms with van der Waals surface area (Å²) in [7, 11) is 1.83. The predicted molar refractivity (Wildman–Crippen MR) is 83.4 cm³/mol. The van der Waals surface area contributed by atoms with E-state index in [1.807, 2.05) is 18.8 Å². The highest BCUT2D eigenvalue weighted by molar-refractivity contribution is 7.99. The zero-order chi connectivity index (χ0) is 15.2. The topological polar surface area (TPSA) is 62.6 Å². The van der Waals surface area contributed by atoms with E-state index in [0.29, 0.717) is 16.9 Å². The van der Waals surface area contributed by atoms with Crippen molar-refractivity contribution >= 4 is 23.6 Å². The van der Waals surface area contributed by atoms with Gasteiger partial charge in [0.2, 0.25) is 5.91 Å². The summed E-state index contributed by atoms with van der Waals surface area (Å²) in [6, 6.07) is 1.87. The van der Waals surface area contributed by atoms with E-state index < -0.39 is 0 Å². The Bertz CT molecular complexity index is 475. The average Bonchev–Trinajstić information content (AvgIpc) is 3.15. The maximum absolute atomic E-state index is 12.1. The molecule has 1 N–H and O–H groups in total. The van der Waals surface area contributed by atoms with E-state index in [-0.39, 0.29) is 18.4 Å². The van der Waals surface area contributed by atoms with Gasteiger partial charge in [-0.1, -0.05) is 6.92 Å². The van der Waals surface area contributed by atoms with Crippen molar-refractivity contribution in [3.63, 3.8) is 0 Å². The first-order chi connectivity index (χ1) is 10.1. The zero-order valence-electron chi connectivity index (χ0n) is 12.5. The molecule has 0 aromatic carbocycles. The van der Waals surface area contributed by atoms with E-state index in [1.54, 1.807) is 11.0 Å². The van der Waals surface area contributed by atoms with Gasteiger partial charge in [-0.05, 0) is 31.1 Å². The van der Waals surface area contributed by atoms with Crippen molar-refractivity contribution in [3.8, 4) is 0 Å². The fourth-order valence-corrected chi connectivity index (χ4v) is 3.77. The minimum absolute atomic E-state index is 0.0304. The third kappa shape index (κ3) is 4.27. The number of nitrogens with one attached hydrogen (secondary N) is 1. The first-order valence-electron chi connectivity index (χ1n) is 7.29. The lowest BCUT2D eigenvalue weighted by Crippen LogP contribution is -2.42. The molecule has 0 unspecified atom stereocenters. The van der Waals surface area contributed by atoms with Crippen molar-refractivity contribution in [2.45, 2.75) is 37.5 Å². The molecule has 1 saturated carbocycles. The van der Waals surface area contributed by atoms with Gasteiger partial charge in [0.1, 0.15) is 6.26 Å². The molecule has 1 heterocycles. The largest absolute Gasteiger partial charge is 0.472 e. The van der Waals surface area contributed by atoms with Crippen LogP contribution in [0.25, 0.3) is 0 Å². The minimum Gasteiger partial charge on any atom is -0.472 e. The van der Waals surface area contributed by atoms with Crippen LogP contribution in [-0.4, -0.2) is 47.4 Å². The summed E-state index contributed by atoms with van der Waals surface area (Å²) in [5.74, 6) is 0.797. The van der Waals surface area contributed by atoms with E-state index in [4.69, 9.17) is 4.42 Å². The van der Waals surface area contributed by atoms with Crippen LogP contribution in [0.4, 0.5) is 0 Å². The highest BCUT2D eigenvalue weighted by atomic mass is 32.2. The Kier molecular flexibility index (Phi) is 5.73. The van der Waals surface area contributed by atoms with Crippen LogP contribution in [0.2, 0.25) is 0 Å². The molecule has 0 saturated heterocycles. The molecule has 5 nitrogen and oxygen atoms in total. The summed E-state index contributed by atoms with van der Waals surface area (Å²) in [4.78, 5) is 25.7. The highest BCUT2D eigenvalue weighted by Gasteiger charge is 2.29. The third-order valence-electron chi connectivity index (χ3n) is 3.88. The van der Waals surface area contributed by atoms with Crippen molar-refractivity contribution < 1.29 is 14.0 Å². The fourth-order valence-electron chi connectivity index (χ4n) is 2.64. The Labute approximate surface area is 129 Å². The predicted octanol–water partition coefficient (Wildman–Crippen LogP) is 2.14. The molecule has 0 radical (unpaired) electrons. The molecule has 1 aromatic heterocycles. The summed E-state index contributed by atoms with van der Waals surface area (Å²) in [6.45, 7) is 2.20. The Morgan fingerprint density at radius 3 is 2.95 bits per heavy atom. The van der Waals surface area contributed by atoms with E-state index in [2.05, 4.69) is 12.2 Å². The Balaban J connectivity index is 1.77. The molecular formula is C15H22N2O3S. The summed E-state index contributed by atoms with van der Waals surface area (Å²) in [5, 5.41) is 3.29. The van der Waals surface area contributed by atoms with Crippen molar-refractivity contribution in [2.75, 3.05) is 19.3 Å². The maximum atomic E-state index is 12.1. The van der Waals surface area contributed by atoms with Gasteiger partial charge < -0.3 is 14.6 Å². The molecule has 0 bridgehead atoms. The lowest BCUT2D eigenvalue weighted by molar-refractivity contribution is -0.130. The molecule has 1 aliphatic carbocycles. The number of carbonyl (C=O) groups is 2. The van der Waals surface area contributed by atoms with Gasteiger partial charge in [0.05, 0.1) is 18.4 Å². The summed E-state index contributed by atoms with van der Waals surface area (Å²) < 4.78 is 4.85. The van der Waals surface area contributed by atoms with E-state index in [1.165, 1.54) is 18.9 Å². The number of amides is 2. The van der Waals surface area contributed by atoms with Crippen LogP contribution in [0, 0.1) is 0 Å². The highest BCUT2D eigenvalue weighted by Crippen LogP contribution is 2.32. The first kappa shape index (κ1) is 15.9. The van der Waals surface area contributed by atoms with Gasteiger partial charge in [-0.3, -0.25) is 9.59 Å². The van der Waals surface area contributed by atoms with Crippen molar-refractivity contribution in [1.29, 1.82) is 0 Å². The second-order valence-electron chi connectivity index (χ2n) is 5.24. The molecule has 21 heavy (non-hydrogen) atoms. The van der Waals surface area contributed by atoms with Crippen LogP contribution in [0.1, 0.15) is 36.5 Å². The lowest BCUT2D eigenvalue weighted by Gasteiger charge is -2.24. The van der Waals surface area contributed by atoms with Gasteiger partial charge in [-0.15, -0.1) is 0 Å². The molecular weight excluding hydrogens is 288 g/mol. The number of likely N-dealkylation sites (N-methyl/N-ethyl adjacent to an activating group) is 1. The molecule has 1 aromatic rings. The summed E-state index contributed by atoms with van der Waals surface area (Å²) >= 11 is 1.97. The SMILES string of the molecule is CCS[C@@H]1CC[C@H](N(C)C(=O)CNC(=O)c2ccoc2)C1. The Morgan fingerprint density at radius 1 is 1.48 bits per heavy atom. The molecule has 2 amide bonds. The Morgan fingerprint density at radius 2 is 2.29 bits per heavy atom. The number of thioether (sulfide) groups is 1. The lowest BCUT2D eigenvalue weighted by atomic mass is 10.2. The van der Waals surface area contributed by atoms with Crippen molar-refractivity contribution in [3.05, 3.63) is 24.2 Å². The number of rotatable bonds is 6. The minimum atomic E-state index is -0.281. The normalized spacial score (nSPS) is 21.2. The standard InChI is InChI=1S/C15H22N2O3S/c1-3-21-13-5-4-12(8-13)17(2)14(18)9-16-15(19)11-6-7-20-10-11/h6-7,10,12-13H,3-5,8-9H2,1-2H3,(H,16,19)/t12-,13+/m0/s1. The number of furan rings is 1. The van der Waals surface area contributed by atoms with Gasteiger partial charge in [0.25, 0.3) is 5.91 Å². The van der Waals surface area contributed by atoms with Crippen LogP contribution in [0.15, 0.2) is 23.0 Å². The number of hydrogen-bond donors (Lipinski definition) is 1. The third-order valence-corrected chi connectivity index (χ3v) is 5.12. The quantitative estimate of drug-likeness (QED) is 0.874. The van der Waals surface area contributed by atoms with Gasteiger partial charge in [-0.2, -0.15) is 11.8 Å². The van der Waals surface area contributed by atoms with E-state index in [9.17, 15) is 9.59 Å². The first-order valence-corrected chi connectivity index (χ1v) is 8.34. The van der Waals surface area contributed by atoms with E-state index >= 15 is 0 Å². The summed E-state index contributed by atoms with van der Waals surface area (Å²) in [6.07, 6.45) is 6.08. The average molecular weight is 310 g/mol. The van der Waals surface area contributed by atoms with Crippen LogP contribution < -0.4 is 5.32 Å². The molecule has 1 aliphatic rings. The van der Waals surface area contributed by atoms with Gasteiger partial charge in [0, 0.05) is 18.3 Å². The van der Waals surface area contributed by atoms with Crippen molar-refractivity contribution in [2.24, 2.45) is 0 Å². The van der Waals surface area contributed by atoms with Crippen LogP contribution in [-0.2, 0) is 4.79 Å². The molecule has 2 atom stereocenters.